The number of benzene rings is 1. The fraction of sp³-hybridized carbons (Fsp3) is 0.154. The van der Waals surface area contributed by atoms with Crippen molar-refractivity contribution in [1.82, 2.24) is 0 Å². The van der Waals surface area contributed by atoms with Crippen molar-refractivity contribution in [3.8, 4) is 0 Å². The van der Waals surface area contributed by atoms with Crippen molar-refractivity contribution in [2.24, 2.45) is 11.1 Å². The van der Waals surface area contributed by atoms with Gasteiger partial charge in [0.1, 0.15) is 16.5 Å². The monoisotopic (exact) mass is 299 g/mol. The molecule has 0 saturated carbocycles. The quantitative estimate of drug-likeness (QED) is 0.634. The fourth-order valence-corrected chi connectivity index (χ4v) is 2.43. The van der Waals surface area contributed by atoms with Crippen molar-refractivity contribution >= 4 is 15.8 Å². The number of hydrogen-bond donors (Lipinski definition) is 0. The number of nitrogens with zero attached hydrogens (tertiary/aromatic N) is 1. The second kappa shape index (κ2) is 5.54. The van der Waals surface area contributed by atoms with Gasteiger partial charge < -0.3 is 0 Å². The maximum atomic E-state index is 13.4. The first kappa shape index (κ1) is 14.4. The minimum atomic E-state index is -4.41. The Kier molecular flexibility index (Phi) is 3.99. The lowest BCUT2D eigenvalue weighted by Gasteiger charge is -2.06. The van der Waals surface area contributed by atoms with Gasteiger partial charge >= 0.3 is 10.1 Å². The van der Waals surface area contributed by atoms with E-state index in [1.165, 1.54) is 0 Å². The Balaban J connectivity index is 2.21. The van der Waals surface area contributed by atoms with Crippen molar-refractivity contribution in [3.63, 3.8) is 0 Å². The van der Waals surface area contributed by atoms with Crippen molar-refractivity contribution in [3.05, 3.63) is 54.1 Å². The van der Waals surface area contributed by atoms with E-state index in [9.17, 15) is 17.2 Å². The van der Waals surface area contributed by atoms with E-state index in [0.29, 0.717) is 11.8 Å². The summed E-state index contributed by atoms with van der Waals surface area (Å²) >= 11 is 0. The van der Waals surface area contributed by atoms with Crippen LogP contribution in [0.25, 0.3) is 0 Å². The average molecular weight is 299 g/mol. The minimum absolute atomic E-state index is 0.150. The van der Waals surface area contributed by atoms with Crippen LogP contribution in [-0.2, 0) is 14.4 Å². The van der Waals surface area contributed by atoms with Gasteiger partial charge in [-0.2, -0.15) is 8.42 Å². The highest BCUT2D eigenvalue weighted by Gasteiger charge is 2.22. The first-order valence-corrected chi connectivity index (χ1v) is 7.09. The summed E-state index contributed by atoms with van der Waals surface area (Å²) in [6.45, 7) is 1.58. The summed E-state index contributed by atoms with van der Waals surface area (Å²) in [4.78, 5) is -0.757. The standard InChI is InChI=1S/C13H11F2NO3S/c1-9(10-4-2-3-5-10)16-19-20(17,18)13-7-6-11(14)8-12(13)15/h2-8,10H,1H3/b16-9+. The normalized spacial score (nSPS) is 15.8. The molecule has 20 heavy (non-hydrogen) atoms. The van der Waals surface area contributed by atoms with Crippen LogP contribution in [0, 0.1) is 17.6 Å². The first-order valence-electron chi connectivity index (χ1n) is 5.68. The zero-order chi connectivity index (χ0) is 14.8. The van der Waals surface area contributed by atoms with Gasteiger partial charge in [-0.25, -0.2) is 8.78 Å². The van der Waals surface area contributed by atoms with Crippen LogP contribution >= 0.6 is 0 Å². The van der Waals surface area contributed by atoms with E-state index in [0.717, 1.165) is 12.1 Å². The Labute approximate surface area is 115 Å². The smallest absolute Gasteiger partial charge is 0.265 e. The second-order valence-electron chi connectivity index (χ2n) is 4.13. The Morgan fingerprint density at radius 1 is 1.25 bits per heavy atom. The number of oxime groups is 1. The Morgan fingerprint density at radius 2 is 1.90 bits per heavy atom. The van der Waals surface area contributed by atoms with Crippen LogP contribution in [0.2, 0.25) is 0 Å². The minimum Gasteiger partial charge on any atom is -0.265 e. The molecule has 0 unspecified atom stereocenters. The Morgan fingerprint density at radius 3 is 2.50 bits per heavy atom. The summed E-state index contributed by atoms with van der Waals surface area (Å²) in [6.07, 6.45) is 7.18. The molecule has 0 saturated heterocycles. The van der Waals surface area contributed by atoms with E-state index < -0.39 is 26.6 Å². The molecule has 0 radical (unpaired) electrons. The summed E-state index contributed by atoms with van der Waals surface area (Å²) in [5.41, 5.74) is 0.404. The van der Waals surface area contributed by atoms with E-state index in [2.05, 4.69) is 9.44 Å². The van der Waals surface area contributed by atoms with Crippen LogP contribution < -0.4 is 0 Å². The van der Waals surface area contributed by atoms with Crippen molar-refractivity contribution in [1.29, 1.82) is 0 Å². The largest absolute Gasteiger partial charge is 0.361 e. The third-order valence-corrected chi connectivity index (χ3v) is 3.81. The highest BCUT2D eigenvalue weighted by Crippen LogP contribution is 2.19. The van der Waals surface area contributed by atoms with Crippen LogP contribution in [0.4, 0.5) is 8.78 Å². The molecule has 0 N–H and O–H groups in total. The first-order chi connectivity index (χ1) is 9.40. The Bertz CT molecular complexity index is 696. The fourth-order valence-electron chi connectivity index (χ4n) is 1.60. The molecule has 0 fully saturated rings. The van der Waals surface area contributed by atoms with Gasteiger partial charge in [0.05, 0.1) is 5.71 Å². The maximum absolute atomic E-state index is 13.4. The topological polar surface area (TPSA) is 55.7 Å². The molecular formula is C13H11F2NO3S. The maximum Gasteiger partial charge on any atom is 0.361 e. The second-order valence-corrected chi connectivity index (χ2v) is 5.63. The van der Waals surface area contributed by atoms with Crippen molar-refractivity contribution in [2.45, 2.75) is 11.8 Å². The van der Waals surface area contributed by atoms with Crippen LogP contribution in [0.1, 0.15) is 6.92 Å². The number of allylic oxidation sites excluding steroid dienone is 4. The lowest BCUT2D eigenvalue weighted by molar-refractivity contribution is 0.334. The predicted molar refractivity (Wildman–Crippen MR) is 69.5 cm³/mol. The molecule has 0 amide bonds. The van der Waals surface area contributed by atoms with E-state index in [1.807, 2.05) is 0 Å². The highest BCUT2D eigenvalue weighted by atomic mass is 32.2. The van der Waals surface area contributed by atoms with Gasteiger partial charge in [-0.15, -0.1) is 0 Å². The van der Waals surface area contributed by atoms with Gasteiger partial charge in [0.15, 0.2) is 0 Å². The molecule has 7 heteroatoms. The lowest BCUT2D eigenvalue weighted by atomic mass is 10.1. The summed E-state index contributed by atoms with van der Waals surface area (Å²) in [6, 6.07) is 2.09. The molecule has 1 aromatic carbocycles. The zero-order valence-electron chi connectivity index (χ0n) is 10.5. The third-order valence-electron chi connectivity index (χ3n) is 2.67. The van der Waals surface area contributed by atoms with Crippen LogP contribution in [0.3, 0.4) is 0 Å². The van der Waals surface area contributed by atoms with Gasteiger partial charge in [-0.1, -0.05) is 29.5 Å². The Hall–Kier alpha value is -2.02. The van der Waals surface area contributed by atoms with E-state index >= 15 is 0 Å². The molecule has 0 atom stereocenters. The molecule has 0 bridgehead atoms. The molecular weight excluding hydrogens is 288 g/mol. The van der Waals surface area contributed by atoms with Gasteiger partial charge in [0, 0.05) is 12.0 Å². The molecule has 1 aliphatic rings. The summed E-state index contributed by atoms with van der Waals surface area (Å²) < 4.78 is 54.1. The SMILES string of the molecule is C/C(=N\OS(=O)(=O)c1ccc(F)cc1F)C1C=CC=C1. The van der Waals surface area contributed by atoms with Crippen LogP contribution in [0.15, 0.2) is 52.6 Å². The average Bonchev–Trinajstić information content (AvgIpc) is 2.89. The number of halogens is 2. The molecule has 2 rings (SSSR count). The molecule has 1 aromatic rings. The van der Waals surface area contributed by atoms with Crippen LogP contribution in [0.5, 0.6) is 0 Å². The molecule has 0 aromatic heterocycles. The van der Waals surface area contributed by atoms with Crippen molar-refractivity contribution in [2.75, 3.05) is 0 Å². The number of hydrogen-bond acceptors (Lipinski definition) is 4. The summed E-state index contributed by atoms with van der Waals surface area (Å²) in [5.74, 6) is -2.25. The summed E-state index contributed by atoms with van der Waals surface area (Å²) in [5, 5.41) is 3.48. The van der Waals surface area contributed by atoms with Gasteiger partial charge in [-0.3, -0.25) is 4.28 Å². The lowest BCUT2D eigenvalue weighted by Crippen LogP contribution is -2.10. The van der Waals surface area contributed by atoms with E-state index in [-0.39, 0.29) is 5.92 Å². The predicted octanol–water partition coefficient (Wildman–Crippen LogP) is 2.79. The molecule has 0 spiro atoms. The summed E-state index contributed by atoms with van der Waals surface area (Å²) in [7, 11) is -4.41. The molecule has 0 heterocycles. The molecule has 1 aliphatic carbocycles. The molecule has 106 valence electrons. The third kappa shape index (κ3) is 3.11. The number of rotatable bonds is 4. The molecule has 0 aliphatic heterocycles. The highest BCUT2D eigenvalue weighted by molar-refractivity contribution is 7.86. The van der Waals surface area contributed by atoms with Crippen LogP contribution in [-0.4, -0.2) is 14.1 Å². The molecule has 4 nitrogen and oxygen atoms in total. The van der Waals surface area contributed by atoms with Gasteiger partial charge in [0.25, 0.3) is 0 Å². The zero-order valence-corrected chi connectivity index (χ0v) is 11.3. The van der Waals surface area contributed by atoms with E-state index in [1.54, 1.807) is 31.2 Å². The van der Waals surface area contributed by atoms with E-state index in [4.69, 9.17) is 0 Å². The van der Waals surface area contributed by atoms with Gasteiger partial charge in [-0.05, 0) is 19.1 Å². The van der Waals surface area contributed by atoms with Crippen molar-refractivity contribution < 1.29 is 21.5 Å². The van der Waals surface area contributed by atoms with Gasteiger partial charge in [0.2, 0.25) is 0 Å².